The average molecular weight is 346 g/mol. The molecule has 1 aromatic carbocycles. The Kier molecular flexibility index (Phi) is 3.71. The Hall–Kier alpha value is -0.391. The molecule has 3 rings (SSSR count). The van der Waals surface area contributed by atoms with E-state index >= 15 is 0 Å². The first-order valence-electron chi connectivity index (χ1n) is 6.46. The maximum absolute atomic E-state index is 12.2. The number of fused-ring (bicyclic) bond motifs is 2. The monoisotopic (exact) mass is 347 g/mol. The van der Waals surface area contributed by atoms with Gasteiger partial charge in [-0.25, -0.2) is 0 Å². The van der Waals surface area contributed by atoms with Crippen LogP contribution in [-0.4, -0.2) is 57.2 Å². The SMILES string of the molecule is O=S1(=O)[C@@H]2CCN1C[C@@H](O)[C@H]([Se]c1ccccc1)C2. The summed E-state index contributed by atoms with van der Waals surface area (Å²) in [6.07, 6.45) is 0.797. The van der Waals surface area contributed by atoms with Crippen LogP contribution in [0.5, 0.6) is 0 Å². The van der Waals surface area contributed by atoms with Gasteiger partial charge < -0.3 is 0 Å². The second kappa shape index (κ2) is 5.18. The number of hydrogen-bond acceptors (Lipinski definition) is 3. The minimum atomic E-state index is -3.14. The zero-order valence-electron chi connectivity index (χ0n) is 10.5. The fourth-order valence-corrected chi connectivity index (χ4v) is 7.62. The Morgan fingerprint density at radius 1 is 1.26 bits per heavy atom. The van der Waals surface area contributed by atoms with E-state index in [9.17, 15) is 13.5 Å². The number of nitrogens with zero attached hydrogens (tertiary/aromatic N) is 1. The first-order valence-corrected chi connectivity index (χ1v) is 9.81. The van der Waals surface area contributed by atoms with Crippen molar-refractivity contribution in [2.24, 2.45) is 0 Å². The number of aliphatic hydroxyl groups is 1. The Morgan fingerprint density at radius 2 is 2.00 bits per heavy atom. The minimum absolute atomic E-state index is 0.0972. The molecule has 0 aliphatic carbocycles. The second-order valence-corrected chi connectivity index (χ2v) is 10.1. The van der Waals surface area contributed by atoms with E-state index in [1.165, 1.54) is 8.77 Å². The van der Waals surface area contributed by atoms with Crippen molar-refractivity contribution < 1.29 is 13.5 Å². The van der Waals surface area contributed by atoms with Gasteiger partial charge in [0.05, 0.1) is 0 Å². The summed E-state index contributed by atoms with van der Waals surface area (Å²) in [5.41, 5.74) is 0. The standard InChI is InChI=1S/C13H17NO3SSe/c15-12-9-14-7-6-10(18(14,16)17)8-13(12)19-11-4-2-1-3-5-11/h1-5,10,12-13,15H,6-9H2/t10-,12-,13-/m1/s1. The molecule has 0 saturated carbocycles. The average Bonchev–Trinajstić information content (AvgIpc) is 2.60. The summed E-state index contributed by atoms with van der Waals surface area (Å²) in [6, 6.07) is 10.1. The Balaban J connectivity index is 1.80. The summed E-state index contributed by atoms with van der Waals surface area (Å²) < 4.78 is 27.0. The molecule has 4 nitrogen and oxygen atoms in total. The van der Waals surface area contributed by atoms with Crippen molar-refractivity contribution in [3.63, 3.8) is 0 Å². The molecular weight excluding hydrogens is 329 g/mol. The third-order valence-corrected chi connectivity index (χ3v) is 8.99. The van der Waals surface area contributed by atoms with Crippen LogP contribution in [0.15, 0.2) is 30.3 Å². The van der Waals surface area contributed by atoms with Gasteiger partial charge in [0.25, 0.3) is 0 Å². The second-order valence-electron chi connectivity index (χ2n) is 5.09. The molecule has 1 N–H and O–H groups in total. The molecule has 2 fully saturated rings. The molecule has 6 heteroatoms. The van der Waals surface area contributed by atoms with Crippen LogP contribution < -0.4 is 4.46 Å². The first-order chi connectivity index (χ1) is 9.07. The Bertz CT molecular complexity index is 548. The molecule has 0 radical (unpaired) electrons. The van der Waals surface area contributed by atoms with Gasteiger partial charge in [0.1, 0.15) is 0 Å². The van der Waals surface area contributed by atoms with Crippen LogP contribution in [0.4, 0.5) is 0 Å². The predicted molar refractivity (Wildman–Crippen MR) is 75.1 cm³/mol. The summed E-state index contributed by atoms with van der Waals surface area (Å²) in [7, 11) is -3.14. The van der Waals surface area contributed by atoms with Crippen molar-refractivity contribution in [1.29, 1.82) is 0 Å². The van der Waals surface area contributed by atoms with Crippen molar-refractivity contribution in [1.82, 2.24) is 4.31 Å². The molecule has 2 aliphatic rings. The Morgan fingerprint density at radius 3 is 2.74 bits per heavy atom. The van der Waals surface area contributed by atoms with Crippen LogP contribution in [0, 0.1) is 0 Å². The molecule has 0 amide bonds. The topological polar surface area (TPSA) is 57.6 Å². The fourth-order valence-electron chi connectivity index (χ4n) is 2.75. The summed E-state index contributed by atoms with van der Waals surface area (Å²) in [6.45, 7) is 0.854. The first kappa shape index (κ1) is 13.6. The number of aliphatic hydroxyl groups excluding tert-OH is 1. The molecule has 0 aromatic heterocycles. The molecule has 0 spiro atoms. The normalized spacial score (nSPS) is 36.9. The van der Waals surface area contributed by atoms with Crippen LogP contribution in [0.2, 0.25) is 4.82 Å². The van der Waals surface area contributed by atoms with E-state index in [0.29, 0.717) is 13.0 Å². The van der Waals surface area contributed by atoms with Gasteiger partial charge in [-0.15, -0.1) is 0 Å². The fraction of sp³-hybridized carbons (Fsp3) is 0.538. The van der Waals surface area contributed by atoms with E-state index < -0.39 is 16.1 Å². The molecular formula is C13H17NO3SSe. The van der Waals surface area contributed by atoms with E-state index in [2.05, 4.69) is 12.1 Å². The van der Waals surface area contributed by atoms with Gasteiger partial charge in [-0.05, 0) is 0 Å². The van der Waals surface area contributed by atoms with Gasteiger partial charge in [0.15, 0.2) is 0 Å². The summed E-state index contributed by atoms with van der Waals surface area (Å²) in [5.74, 6) is 0. The molecule has 1 aromatic rings. The quantitative estimate of drug-likeness (QED) is 0.766. The van der Waals surface area contributed by atoms with Gasteiger partial charge in [0, 0.05) is 0 Å². The van der Waals surface area contributed by atoms with E-state index in [0.717, 1.165) is 6.42 Å². The molecule has 4 atom stereocenters. The Labute approximate surface area is 120 Å². The van der Waals surface area contributed by atoms with E-state index in [4.69, 9.17) is 0 Å². The van der Waals surface area contributed by atoms with Crippen molar-refractivity contribution in [2.75, 3.05) is 13.1 Å². The third-order valence-electron chi connectivity index (χ3n) is 3.83. The number of rotatable bonds is 2. The van der Waals surface area contributed by atoms with Crippen molar-refractivity contribution in [3.8, 4) is 0 Å². The van der Waals surface area contributed by atoms with E-state index in [-0.39, 0.29) is 31.6 Å². The summed E-state index contributed by atoms with van der Waals surface area (Å²) in [5, 5.41) is 10.00. The molecule has 19 heavy (non-hydrogen) atoms. The zero-order valence-corrected chi connectivity index (χ0v) is 13.0. The molecule has 2 heterocycles. The van der Waals surface area contributed by atoms with Crippen molar-refractivity contribution in [3.05, 3.63) is 30.3 Å². The number of benzene rings is 1. The van der Waals surface area contributed by atoms with Crippen LogP contribution in [0.25, 0.3) is 0 Å². The van der Waals surface area contributed by atoms with E-state index in [1.807, 2.05) is 18.2 Å². The maximum atomic E-state index is 12.2. The summed E-state index contributed by atoms with van der Waals surface area (Å²) in [4.78, 5) is 0.0972. The van der Waals surface area contributed by atoms with Crippen LogP contribution >= 0.6 is 0 Å². The van der Waals surface area contributed by atoms with Gasteiger partial charge in [0.2, 0.25) is 0 Å². The zero-order chi connectivity index (χ0) is 13.5. The van der Waals surface area contributed by atoms with Crippen molar-refractivity contribution >= 4 is 29.4 Å². The van der Waals surface area contributed by atoms with Crippen molar-refractivity contribution in [2.45, 2.75) is 29.0 Å². The van der Waals surface area contributed by atoms with Crippen LogP contribution in [-0.2, 0) is 10.0 Å². The number of hydrogen-bond donors (Lipinski definition) is 1. The van der Waals surface area contributed by atoms with E-state index in [1.54, 1.807) is 0 Å². The molecule has 2 aliphatic heterocycles. The molecule has 1 unspecified atom stereocenters. The van der Waals surface area contributed by atoms with Gasteiger partial charge >= 0.3 is 120 Å². The molecule has 2 bridgehead atoms. The van der Waals surface area contributed by atoms with Gasteiger partial charge in [-0.1, -0.05) is 0 Å². The third kappa shape index (κ3) is 2.60. The summed E-state index contributed by atoms with van der Waals surface area (Å²) >= 11 is 0.127. The molecule has 2 saturated heterocycles. The van der Waals surface area contributed by atoms with Gasteiger partial charge in [-0.2, -0.15) is 0 Å². The van der Waals surface area contributed by atoms with Gasteiger partial charge in [-0.3, -0.25) is 0 Å². The molecule has 104 valence electrons. The van der Waals surface area contributed by atoms with Crippen LogP contribution in [0.1, 0.15) is 12.8 Å². The predicted octanol–water partition coefficient (Wildman–Crippen LogP) is -0.0267. The number of sulfonamides is 1. The van der Waals surface area contributed by atoms with Crippen LogP contribution in [0.3, 0.4) is 0 Å².